The number of carbonyl (C=O) groups excluding carboxylic acids is 2. The highest BCUT2D eigenvalue weighted by molar-refractivity contribution is 8.14. The van der Waals surface area contributed by atoms with E-state index in [4.69, 9.17) is 0 Å². The largest absolute Gasteiger partial charge is 0.337 e. The van der Waals surface area contributed by atoms with Gasteiger partial charge < -0.3 is 4.90 Å². The molecule has 1 unspecified atom stereocenters. The van der Waals surface area contributed by atoms with Crippen LogP contribution in [0.5, 0.6) is 0 Å². The third kappa shape index (κ3) is 2.74. The van der Waals surface area contributed by atoms with E-state index in [1.165, 1.54) is 11.8 Å². The molecule has 3 nitrogen and oxygen atoms in total. The molecule has 14 heavy (non-hydrogen) atoms. The van der Waals surface area contributed by atoms with E-state index in [1.54, 1.807) is 6.92 Å². The van der Waals surface area contributed by atoms with Gasteiger partial charge >= 0.3 is 0 Å². The molecule has 1 heterocycles. The highest BCUT2D eigenvalue weighted by atomic mass is 32.2. The van der Waals surface area contributed by atoms with E-state index in [9.17, 15) is 9.59 Å². The number of rotatable bonds is 1. The predicted octanol–water partition coefficient (Wildman–Crippen LogP) is 1.67. The number of hydrogen-bond donors (Lipinski definition) is 0. The maximum absolute atomic E-state index is 11.6. The molecular weight excluding hydrogens is 198 g/mol. The fourth-order valence-corrected chi connectivity index (χ4v) is 2.56. The molecule has 1 amide bonds. The van der Waals surface area contributed by atoms with Gasteiger partial charge in [0.2, 0.25) is 5.91 Å². The summed E-state index contributed by atoms with van der Waals surface area (Å²) in [5.41, 5.74) is -0.122. The molecule has 0 N–H and O–H groups in total. The van der Waals surface area contributed by atoms with Gasteiger partial charge in [-0.25, -0.2) is 0 Å². The van der Waals surface area contributed by atoms with Crippen molar-refractivity contribution in [2.75, 3.05) is 6.54 Å². The van der Waals surface area contributed by atoms with Crippen molar-refractivity contribution in [1.82, 2.24) is 4.90 Å². The van der Waals surface area contributed by atoms with Crippen LogP contribution >= 0.6 is 11.8 Å². The zero-order valence-electron chi connectivity index (χ0n) is 9.16. The summed E-state index contributed by atoms with van der Waals surface area (Å²) in [7, 11) is 0. The molecule has 0 bridgehead atoms. The molecule has 0 aliphatic carbocycles. The maximum atomic E-state index is 11.6. The predicted molar refractivity (Wildman–Crippen MR) is 58.1 cm³/mol. The van der Waals surface area contributed by atoms with Crippen molar-refractivity contribution in [3.05, 3.63) is 0 Å². The van der Waals surface area contributed by atoms with E-state index >= 15 is 0 Å². The Hall–Kier alpha value is -0.510. The number of amides is 1. The van der Waals surface area contributed by atoms with Gasteiger partial charge in [0.05, 0.1) is 0 Å². The van der Waals surface area contributed by atoms with Crippen molar-refractivity contribution < 1.29 is 9.59 Å². The third-order valence-corrected chi connectivity index (χ3v) is 3.21. The molecule has 80 valence electrons. The summed E-state index contributed by atoms with van der Waals surface area (Å²) in [4.78, 5) is 24.4. The molecule has 0 spiro atoms. The number of thioether (sulfide) groups is 1. The average molecular weight is 215 g/mol. The van der Waals surface area contributed by atoms with Crippen LogP contribution in [0.2, 0.25) is 0 Å². The topological polar surface area (TPSA) is 37.4 Å². The molecule has 0 saturated carbocycles. The summed E-state index contributed by atoms with van der Waals surface area (Å²) in [5, 5.41) is 0.248. The van der Waals surface area contributed by atoms with Crippen LogP contribution in [0, 0.1) is 0 Å². The Morgan fingerprint density at radius 1 is 1.50 bits per heavy atom. The van der Waals surface area contributed by atoms with Gasteiger partial charge in [-0.3, -0.25) is 9.59 Å². The van der Waals surface area contributed by atoms with E-state index in [1.807, 2.05) is 25.7 Å². The Balaban J connectivity index is 2.61. The van der Waals surface area contributed by atoms with E-state index < -0.39 is 0 Å². The second-order valence-electron chi connectivity index (χ2n) is 4.61. The Bertz CT molecular complexity index is 257. The first kappa shape index (κ1) is 11.6. The van der Waals surface area contributed by atoms with Gasteiger partial charge in [0.1, 0.15) is 0 Å². The molecule has 4 heteroatoms. The van der Waals surface area contributed by atoms with Gasteiger partial charge in [0.25, 0.3) is 0 Å². The number of hydrogen-bond acceptors (Lipinski definition) is 3. The molecule has 1 saturated heterocycles. The summed E-state index contributed by atoms with van der Waals surface area (Å²) in [6, 6.07) is 0. The quantitative estimate of drug-likeness (QED) is 0.667. The van der Waals surface area contributed by atoms with Crippen LogP contribution in [-0.4, -0.2) is 33.3 Å². The molecule has 1 rings (SSSR count). The van der Waals surface area contributed by atoms with Gasteiger partial charge in [-0.05, 0) is 20.8 Å². The van der Waals surface area contributed by atoms with E-state index in [2.05, 4.69) is 0 Å². The summed E-state index contributed by atoms with van der Waals surface area (Å²) in [5.74, 6) is 0.163. The molecule has 1 aliphatic rings. The van der Waals surface area contributed by atoms with Gasteiger partial charge in [-0.1, -0.05) is 11.8 Å². The van der Waals surface area contributed by atoms with Crippen molar-refractivity contribution in [3.8, 4) is 0 Å². The van der Waals surface area contributed by atoms with Gasteiger partial charge in [-0.2, -0.15) is 0 Å². The lowest BCUT2D eigenvalue weighted by atomic mass is 10.1. The number of likely N-dealkylation sites (tertiary alicyclic amines) is 1. The molecule has 0 aromatic heterocycles. The molecular formula is C10H17NO2S. The second kappa shape index (κ2) is 3.93. The van der Waals surface area contributed by atoms with Crippen molar-refractivity contribution in [1.29, 1.82) is 0 Å². The van der Waals surface area contributed by atoms with Crippen LogP contribution in [0.3, 0.4) is 0 Å². The lowest BCUT2D eigenvalue weighted by Gasteiger charge is -2.31. The van der Waals surface area contributed by atoms with Gasteiger partial charge in [-0.15, -0.1) is 0 Å². The number of carbonyl (C=O) groups is 2. The normalized spacial score (nSPS) is 23.0. The highest BCUT2D eigenvalue weighted by Gasteiger charge is 2.36. The van der Waals surface area contributed by atoms with E-state index in [0.717, 1.165) is 0 Å². The SMILES string of the molecule is CC(=O)SC1CC(=O)N(C(C)(C)C)C1. The van der Waals surface area contributed by atoms with Crippen LogP contribution in [-0.2, 0) is 9.59 Å². The van der Waals surface area contributed by atoms with Crippen LogP contribution in [0.4, 0.5) is 0 Å². The maximum Gasteiger partial charge on any atom is 0.224 e. The van der Waals surface area contributed by atoms with Crippen molar-refractivity contribution in [2.45, 2.75) is 44.9 Å². The average Bonchev–Trinajstić information content (AvgIpc) is 2.27. The first-order valence-electron chi connectivity index (χ1n) is 4.78. The van der Waals surface area contributed by atoms with Crippen molar-refractivity contribution in [2.24, 2.45) is 0 Å². The molecule has 0 aromatic rings. The fourth-order valence-electron chi connectivity index (χ4n) is 1.64. The third-order valence-electron chi connectivity index (χ3n) is 2.23. The zero-order valence-corrected chi connectivity index (χ0v) is 9.98. The van der Waals surface area contributed by atoms with Crippen molar-refractivity contribution >= 4 is 22.8 Å². The fraction of sp³-hybridized carbons (Fsp3) is 0.800. The molecule has 1 fully saturated rings. The Kier molecular flexibility index (Phi) is 3.24. The van der Waals surface area contributed by atoms with Crippen LogP contribution < -0.4 is 0 Å². The second-order valence-corrected chi connectivity index (χ2v) is 6.09. The Morgan fingerprint density at radius 2 is 2.07 bits per heavy atom. The summed E-state index contributed by atoms with van der Waals surface area (Å²) in [6.45, 7) is 8.31. The molecule has 0 radical (unpaired) electrons. The lowest BCUT2D eigenvalue weighted by molar-refractivity contribution is -0.131. The Labute approximate surface area is 89.2 Å². The summed E-state index contributed by atoms with van der Waals surface area (Å²) < 4.78 is 0. The monoisotopic (exact) mass is 215 g/mol. The van der Waals surface area contributed by atoms with E-state index in [0.29, 0.717) is 13.0 Å². The van der Waals surface area contributed by atoms with Crippen molar-refractivity contribution in [3.63, 3.8) is 0 Å². The van der Waals surface area contributed by atoms with E-state index in [-0.39, 0.29) is 21.8 Å². The summed E-state index contributed by atoms with van der Waals surface area (Å²) >= 11 is 1.28. The van der Waals surface area contributed by atoms with Gasteiger partial charge in [0.15, 0.2) is 5.12 Å². The molecule has 1 atom stereocenters. The summed E-state index contributed by atoms with van der Waals surface area (Å²) in [6.07, 6.45) is 0.502. The van der Waals surface area contributed by atoms with Crippen LogP contribution in [0.25, 0.3) is 0 Å². The zero-order chi connectivity index (χ0) is 10.9. The molecule has 0 aromatic carbocycles. The first-order valence-corrected chi connectivity index (χ1v) is 5.66. The number of nitrogens with zero attached hydrogens (tertiary/aromatic N) is 1. The van der Waals surface area contributed by atoms with Crippen LogP contribution in [0.1, 0.15) is 34.1 Å². The lowest BCUT2D eigenvalue weighted by Crippen LogP contribution is -2.42. The first-order chi connectivity index (χ1) is 6.30. The van der Waals surface area contributed by atoms with Crippen LogP contribution in [0.15, 0.2) is 0 Å². The van der Waals surface area contributed by atoms with Gasteiger partial charge in [0, 0.05) is 30.7 Å². The molecule has 1 aliphatic heterocycles. The highest BCUT2D eigenvalue weighted by Crippen LogP contribution is 2.29. The minimum Gasteiger partial charge on any atom is -0.337 e. The minimum atomic E-state index is -0.122. The standard InChI is InChI=1S/C10H17NO2S/c1-7(12)14-8-5-9(13)11(6-8)10(2,3)4/h8H,5-6H2,1-4H3. The minimum absolute atomic E-state index is 0.0959. The Morgan fingerprint density at radius 3 is 2.43 bits per heavy atom. The smallest absolute Gasteiger partial charge is 0.224 e.